The third kappa shape index (κ3) is 5.43. The van der Waals surface area contributed by atoms with Crippen LogP contribution in [-0.2, 0) is 7.05 Å². The van der Waals surface area contributed by atoms with Gasteiger partial charge in [-0.1, -0.05) is 51.1 Å². The molecular formula is C32H33FN4O2. The maximum atomic E-state index is 13.7. The monoisotopic (exact) mass is 524 g/mol. The van der Waals surface area contributed by atoms with E-state index < -0.39 is 0 Å². The molecule has 0 fully saturated rings. The minimum atomic E-state index is -0.350. The molecule has 1 unspecified atom stereocenters. The quantitative estimate of drug-likeness (QED) is 0.230. The van der Waals surface area contributed by atoms with E-state index in [0.29, 0.717) is 23.2 Å². The highest BCUT2D eigenvalue weighted by molar-refractivity contribution is 6.09. The molecule has 6 nitrogen and oxygen atoms in total. The molecule has 2 aromatic heterocycles. The van der Waals surface area contributed by atoms with Crippen molar-refractivity contribution in [2.45, 2.75) is 33.7 Å². The smallest absolute Gasteiger partial charge is 0.253 e. The Hall–Kier alpha value is -4.39. The zero-order valence-corrected chi connectivity index (χ0v) is 22.9. The van der Waals surface area contributed by atoms with Crippen LogP contribution < -0.4 is 10.6 Å². The van der Waals surface area contributed by atoms with Crippen LogP contribution in [0.1, 0.15) is 60.0 Å². The van der Waals surface area contributed by atoms with Gasteiger partial charge >= 0.3 is 0 Å². The third-order valence-corrected chi connectivity index (χ3v) is 6.97. The number of aryl methyl sites for hydroxylation is 1. The van der Waals surface area contributed by atoms with E-state index in [4.69, 9.17) is 0 Å². The third-order valence-electron chi connectivity index (χ3n) is 6.97. The van der Waals surface area contributed by atoms with E-state index in [1.165, 1.54) is 12.1 Å². The van der Waals surface area contributed by atoms with Crippen molar-refractivity contribution in [3.8, 4) is 11.1 Å². The van der Waals surface area contributed by atoms with Gasteiger partial charge in [-0.15, -0.1) is 0 Å². The molecule has 0 spiro atoms. The summed E-state index contributed by atoms with van der Waals surface area (Å²) in [7, 11) is 1.91. The fraction of sp³-hybridized carbons (Fsp3) is 0.250. The predicted molar refractivity (Wildman–Crippen MR) is 154 cm³/mol. The number of benzene rings is 3. The average molecular weight is 525 g/mol. The Kier molecular flexibility index (Phi) is 6.76. The van der Waals surface area contributed by atoms with Gasteiger partial charge in [-0.3, -0.25) is 9.59 Å². The summed E-state index contributed by atoms with van der Waals surface area (Å²) in [4.78, 5) is 29.3. The Morgan fingerprint density at radius 2 is 1.69 bits per heavy atom. The van der Waals surface area contributed by atoms with Crippen LogP contribution in [0.2, 0.25) is 0 Å². The van der Waals surface area contributed by atoms with Gasteiger partial charge < -0.3 is 20.2 Å². The number of nitrogens with zero attached hydrogens (tertiary/aromatic N) is 1. The molecule has 2 amide bonds. The molecule has 0 saturated heterocycles. The molecule has 5 rings (SSSR count). The molecule has 0 aliphatic carbocycles. The van der Waals surface area contributed by atoms with Crippen LogP contribution in [0.5, 0.6) is 0 Å². The summed E-state index contributed by atoms with van der Waals surface area (Å²) >= 11 is 0. The summed E-state index contributed by atoms with van der Waals surface area (Å²) in [5.74, 6) is -0.655. The van der Waals surface area contributed by atoms with E-state index in [-0.39, 0.29) is 29.1 Å². The number of aromatic amines is 1. The van der Waals surface area contributed by atoms with Crippen LogP contribution in [0.25, 0.3) is 32.9 Å². The number of H-pyrrole nitrogens is 1. The fourth-order valence-electron chi connectivity index (χ4n) is 4.82. The fourth-order valence-corrected chi connectivity index (χ4v) is 4.82. The number of nitrogens with one attached hydrogen (secondary N) is 3. The molecule has 3 N–H and O–H groups in total. The summed E-state index contributed by atoms with van der Waals surface area (Å²) in [5, 5.41) is 7.70. The summed E-state index contributed by atoms with van der Waals surface area (Å²) in [6.07, 6.45) is 3.56. The molecule has 1 atom stereocenters. The SMILES string of the molecule is CC(NC(=O)c1cn(C)c2ccc(-c3ccc4c(C(=O)NCC(C)(C)C)c[nH]c4c3)cc12)c1cccc(F)c1. The number of hydrogen-bond acceptors (Lipinski definition) is 2. The van der Waals surface area contributed by atoms with Gasteiger partial charge in [0.1, 0.15) is 5.82 Å². The molecule has 0 aliphatic rings. The zero-order valence-electron chi connectivity index (χ0n) is 22.9. The lowest BCUT2D eigenvalue weighted by molar-refractivity contribution is 0.0933. The number of fused-ring (bicyclic) bond motifs is 2. The largest absolute Gasteiger partial charge is 0.360 e. The number of carbonyl (C=O) groups is 2. The Labute approximate surface area is 227 Å². The van der Waals surface area contributed by atoms with Crippen LogP contribution in [0.4, 0.5) is 4.39 Å². The number of halogens is 1. The van der Waals surface area contributed by atoms with Crippen LogP contribution in [-0.4, -0.2) is 27.9 Å². The lowest BCUT2D eigenvalue weighted by Gasteiger charge is -2.18. The van der Waals surface area contributed by atoms with Crippen LogP contribution in [0.3, 0.4) is 0 Å². The van der Waals surface area contributed by atoms with E-state index in [1.54, 1.807) is 18.3 Å². The number of carbonyl (C=O) groups excluding carboxylic acids is 2. The number of rotatable bonds is 6. The van der Waals surface area contributed by atoms with Crippen molar-refractivity contribution in [3.05, 3.63) is 95.6 Å². The minimum absolute atomic E-state index is 0.00170. The Morgan fingerprint density at radius 3 is 2.44 bits per heavy atom. The normalized spacial score (nSPS) is 12.6. The Bertz CT molecular complexity index is 1710. The highest BCUT2D eigenvalue weighted by atomic mass is 19.1. The average Bonchev–Trinajstić information content (AvgIpc) is 3.47. The van der Waals surface area contributed by atoms with Gasteiger partial charge in [-0.2, -0.15) is 0 Å². The van der Waals surface area contributed by atoms with Crippen LogP contribution in [0.15, 0.2) is 73.1 Å². The summed E-state index contributed by atoms with van der Waals surface area (Å²) in [6, 6.07) is 17.9. The standard InChI is InChI=1S/C32H33FN4O2/c1-19(20-7-6-8-23(33)13-20)36-31(39)27-17-37(5)29-12-10-21(14-25(27)29)22-9-11-24-26(16-34-28(24)15-22)30(38)35-18-32(2,3)4/h6-17,19,34H,18H2,1-5H3,(H,35,38)(H,36,39). The van der Waals surface area contributed by atoms with Gasteiger partial charge in [0.15, 0.2) is 0 Å². The van der Waals surface area contributed by atoms with Crippen molar-refractivity contribution >= 4 is 33.6 Å². The predicted octanol–water partition coefficient (Wildman–Crippen LogP) is 6.73. The second-order valence-corrected chi connectivity index (χ2v) is 11.3. The topological polar surface area (TPSA) is 78.9 Å². The maximum absolute atomic E-state index is 13.7. The van der Waals surface area contributed by atoms with E-state index in [2.05, 4.69) is 36.4 Å². The van der Waals surface area contributed by atoms with E-state index in [0.717, 1.165) is 32.9 Å². The van der Waals surface area contributed by atoms with Gasteiger partial charge in [0, 0.05) is 47.8 Å². The van der Waals surface area contributed by atoms with Crippen molar-refractivity contribution < 1.29 is 14.0 Å². The van der Waals surface area contributed by atoms with Crippen molar-refractivity contribution in [2.75, 3.05) is 6.54 Å². The van der Waals surface area contributed by atoms with Crippen molar-refractivity contribution in [2.24, 2.45) is 12.5 Å². The van der Waals surface area contributed by atoms with Crippen LogP contribution >= 0.6 is 0 Å². The minimum Gasteiger partial charge on any atom is -0.360 e. The number of amides is 2. The number of aromatic nitrogens is 2. The molecular weight excluding hydrogens is 491 g/mol. The molecule has 200 valence electrons. The first kappa shape index (κ1) is 26.2. The second kappa shape index (κ2) is 10.1. The first-order valence-electron chi connectivity index (χ1n) is 13.1. The van der Waals surface area contributed by atoms with Gasteiger partial charge in [0.05, 0.1) is 17.2 Å². The van der Waals surface area contributed by atoms with Gasteiger partial charge in [-0.25, -0.2) is 4.39 Å². The molecule has 0 aliphatic heterocycles. The highest BCUT2D eigenvalue weighted by Crippen LogP contribution is 2.31. The lowest BCUT2D eigenvalue weighted by Crippen LogP contribution is -2.32. The molecule has 0 saturated carbocycles. The molecule has 2 heterocycles. The molecule has 3 aromatic carbocycles. The summed E-state index contributed by atoms with van der Waals surface area (Å²) in [6.45, 7) is 8.67. The van der Waals surface area contributed by atoms with E-state index in [9.17, 15) is 14.0 Å². The highest BCUT2D eigenvalue weighted by Gasteiger charge is 2.19. The Balaban J connectivity index is 1.43. The Morgan fingerprint density at radius 1 is 0.949 bits per heavy atom. The van der Waals surface area contributed by atoms with Crippen molar-refractivity contribution in [1.82, 2.24) is 20.2 Å². The van der Waals surface area contributed by atoms with Crippen molar-refractivity contribution in [1.29, 1.82) is 0 Å². The van der Waals surface area contributed by atoms with Crippen molar-refractivity contribution in [3.63, 3.8) is 0 Å². The first-order valence-corrected chi connectivity index (χ1v) is 13.1. The summed E-state index contributed by atoms with van der Waals surface area (Å²) in [5.41, 5.74) is 5.59. The van der Waals surface area contributed by atoms with Gasteiger partial charge in [-0.05, 0) is 59.4 Å². The van der Waals surface area contributed by atoms with Gasteiger partial charge in [0.2, 0.25) is 0 Å². The maximum Gasteiger partial charge on any atom is 0.253 e. The van der Waals surface area contributed by atoms with E-state index in [1.807, 2.05) is 61.1 Å². The molecule has 0 radical (unpaired) electrons. The lowest BCUT2D eigenvalue weighted by atomic mass is 9.97. The molecule has 5 aromatic rings. The molecule has 7 heteroatoms. The first-order chi connectivity index (χ1) is 18.5. The summed E-state index contributed by atoms with van der Waals surface area (Å²) < 4.78 is 15.6. The van der Waals surface area contributed by atoms with Crippen LogP contribution in [0, 0.1) is 11.2 Å². The zero-order chi connectivity index (χ0) is 27.9. The molecule has 0 bridgehead atoms. The van der Waals surface area contributed by atoms with Gasteiger partial charge in [0.25, 0.3) is 11.8 Å². The molecule has 39 heavy (non-hydrogen) atoms. The number of hydrogen-bond donors (Lipinski definition) is 3. The van der Waals surface area contributed by atoms with E-state index >= 15 is 0 Å². The second-order valence-electron chi connectivity index (χ2n) is 11.3.